The summed E-state index contributed by atoms with van der Waals surface area (Å²) in [6.45, 7) is 0. The van der Waals surface area contributed by atoms with E-state index in [1.54, 1.807) is 6.20 Å². The highest BCUT2D eigenvalue weighted by molar-refractivity contribution is 8.00. The first kappa shape index (κ1) is 8.31. The molecule has 1 amide bonds. The van der Waals surface area contributed by atoms with Crippen LogP contribution in [0.3, 0.4) is 0 Å². The minimum atomic E-state index is -0.234. The standard InChI is InChI=1S/C9H8N2OS/c12-9-7(4-6-13-11-9)8-3-1-2-5-10-8/h1-7H,(H,11,12). The van der Waals surface area contributed by atoms with E-state index in [4.69, 9.17) is 0 Å². The van der Waals surface area contributed by atoms with Gasteiger partial charge < -0.3 is 0 Å². The number of amides is 1. The zero-order valence-electron chi connectivity index (χ0n) is 6.81. The SMILES string of the molecule is O=C1NSC=CC1c1ccccn1. The molecule has 0 aliphatic carbocycles. The molecule has 0 fully saturated rings. The van der Waals surface area contributed by atoms with Crippen molar-refractivity contribution in [2.75, 3.05) is 0 Å². The van der Waals surface area contributed by atoms with Crippen LogP contribution in [0.2, 0.25) is 0 Å². The minimum Gasteiger partial charge on any atom is -0.296 e. The molecule has 1 aromatic heterocycles. The average molecular weight is 192 g/mol. The Morgan fingerprint density at radius 1 is 1.46 bits per heavy atom. The minimum absolute atomic E-state index is 0.00815. The van der Waals surface area contributed by atoms with Gasteiger partial charge in [0.15, 0.2) is 0 Å². The lowest BCUT2D eigenvalue weighted by atomic mass is 10.0. The molecule has 0 saturated carbocycles. The predicted octanol–water partition coefficient (Wildman–Crippen LogP) is 1.46. The van der Waals surface area contributed by atoms with Crippen LogP contribution in [0.5, 0.6) is 0 Å². The molecular formula is C9H8N2OS. The molecule has 13 heavy (non-hydrogen) atoms. The van der Waals surface area contributed by atoms with Gasteiger partial charge in [-0.3, -0.25) is 14.5 Å². The fourth-order valence-corrected chi connectivity index (χ4v) is 1.70. The van der Waals surface area contributed by atoms with Crippen LogP contribution in [0.1, 0.15) is 11.6 Å². The van der Waals surface area contributed by atoms with E-state index in [1.165, 1.54) is 11.9 Å². The molecule has 1 aliphatic rings. The van der Waals surface area contributed by atoms with Gasteiger partial charge in [0.1, 0.15) is 0 Å². The lowest BCUT2D eigenvalue weighted by Gasteiger charge is -2.14. The predicted molar refractivity (Wildman–Crippen MR) is 51.9 cm³/mol. The van der Waals surface area contributed by atoms with Crippen molar-refractivity contribution in [1.82, 2.24) is 9.71 Å². The van der Waals surface area contributed by atoms with Crippen molar-refractivity contribution >= 4 is 17.9 Å². The summed E-state index contributed by atoms with van der Waals surface area (Å²) < 4.78 is 2.68. The van der Waals surface area contributed by atoms with E-state index in [0.717, 1.165) is 5.69 Å². The van der Waals surface area contributed by atoms with Crippen LogP contribution in [0.15, 0.2) is 35.9 Å². The highest BCUT2D eigenvalue weighted by Crippen LogP contribution is 2.20. The fourth-order valence-electron chi connectivity index (χ4n) is 1.15. The van der Waals surface area contributed by atoms with Crippen LogP contribution in [0.25, 0.3) is 0 Å². The van der Waals surface area contributed by atoms with Gasteiger partial charge in [0.25, 0.3) is 0 Å². The molecule has 1 aliphatic heterocycles. The molecule has 2 rings (SSSR count). The maximum Gasteiger partial charge on any atom is 0.243 e. The molecule has 4 heteroatoms. The van der Waals surface area contributed by atoms with Gasteiger partial charge >= 0.3 is 0 Å². The molecule has 0 saturated heterocycles. The Hall–Kier alpha value is -1.29. The molecule has 1 aromatic rings. The number of rotatable bonds is 1. The third-order valence-electron chi connectivity index (χ3n) is 1.79. The topological polar surface area (TPSA) is 42.0 Å². The number of aromatic nitrogens is 1. The summed E-state index contributed by atoms with van der Waals surface area (Å²) in [5.74, 6) is -0.242. The molecule has 0 aromatic carbocycles. The second-order valence-corrected chi connectivity index (χ2v) is 3.36. The summed E-state index contributed by atoms with van der Waals surface area (Å²) in [5.41, 5.74) is 0.788. The largest absolute Gasteiger partial charge is 0.296 e. The van der Waals surface area contributed by atoms with Crippen molar-refractivity contribution in [3.8, 4) is 0 Å². The summed E-state index contributed by atoms with van der Waals surface area (Å²) >= 11 is 1.29. The van der Waals surface area contributed by atoms with E-state index in [9.17, 15) is 4.79 Å². The molecule has 2 heterocycles. The average Bonchev–Trinajstić information content (AvgIpc) is 2.20. The van der Waals surface area contributed by atoms with Gasteiger partial charge in [0, 0.05) is 6.20 Å². The zero-order valence-corrected chi connectivity index (χ0v) is 7.62. The van der Waals surface area contributed by atoms with E-state index in [1.807, 2.05) is 29.7 Å². The van der Waals surface area contributed by atoms with Gasteiger partial charge in [-0.25, -0.2) is 0 Å². The van der Waals surface area contributed by atoms with Crippen LogP contribution in [-0.2, 0) is 4.79 Å². The normalized spacial score (nSPS) is 21.2. The van der Waals surface area contributed by atoms with Gasteiger partial charge in [-0.05, 0) is 29.5 Å². The van der Waals surface area contributed by atoms with Gasteiger partial charge in [-0.2, -0.15) is 0 Å². The molecule has 1 N–H and O–H groups in total. The van der Waals surface area contributed by atoms with Crippen LogP contribution in [0.4, 0.5) is 0 Å². The van der Waals surface area contributed by atoms with Gasteiger partial charge in [0.2, 0.25) is 5.91 Å². The summed E-state index contributed by atoms with van der Waals surface area (Å²) in [7, 11) is 0. The fraction of sp³-hybridized carbons (Fsp3) is 0.111. The molecular weight excluding hydrogens is 184 g/mol. The van der Waals surface area contributed by atoms with Crippen LogP contribution >= 0.6 is 11.9 Å². The quantitative estimate of drug-likeness (QED) is 0.685. The summed E-state index contributed by atoms with van der Waals surface area (Å²) in [6, 6.07) is 5.57. The second-order valence-electron chi connectivity index (χ2n) is 2.64. The summed E-state index contributed by atoms with van der Waals surface area (Å²) in [4.78, 5) is 15.5. The molecule has 66 valence electrons. The zero-order chi connectivity index (χ0) is 9.10. The maximum atomic E-state index is 11.4. The van der Waals surface area contributed by atoms with E-state index in [0.29, 0.717) is 0 Å². The van der Waals surface area contributed by atoms with Gasteiger partial charge in [0.05, 0.1) is 11.6 Å². The van der Waals surface area contributed by atoms with Crippen LogP contribution in [0, 0.1) is 0 Å². The molecule has 1 atom stereocenters. The Kier molecular flexibility index (Phi) is 2.31. The van der Waals surface area contributed by atoms with E-state index >= 15 is 0 Å². The Morgan fingerprint density at radius 2 is 2.38 bits per heavy atom. The first-order valence-corrected chi connectivity index (χ1v) is 4.79. The van der Waals surface area contributed by atoms with Crippen molar-refractivity contribution in [2.45, 2.75) is 5.92 Å². The molecule has 1 unspecified atom stereocenters. The van der Waals surface area contributed by atoms with Gasteiger partial charge in [-0.1, -0.05) is 12.1 Å². The molecule has 3 nitrogen and oxygen atoms in total. The number of nitrogens with zero attached hydrogens (tertiary/aromatic N) is 1. The highest BCUT2D eigenvalue weighted by atomic mass is 32.2. The van der Waals surface area contributed by atoms with E-state index in [2.05, 4.69) is 9.71 Å². The second kappa shape index (κ2) is 3.62. The van der Waals surface area contributed by atoms with Crippen molar-refractivity contribution in [3.63, 3.8) is 0 Å². The number of carbonyl (C=O) groups is 1. The van der Waals surface area contributed by atoms with Crippen molar-refractivity contribution < 1.29 is 4.79 Å². The third kappa shape index (κ3) is 1.72. The molecule has 0 spiro atoms. The maximum absolute atomic E-state index is 11.4. The number of hydrogen-bond donors (Lipinski definition) is 1. The Labute approximate surface area is 80.4 Å². The highest BCUT2D eigenvalue weighted by Gasteiger charge is 2.20. The van der Waals surface area contributed by atoms with Crippen LogP contribution in [-0.4, -0.2) is 10.9 Å². The van der Waals surface area contributed by atoms with E-state index < -0.39 is 0 Å². The number of nitrogens with one attached hydrogen (secondary N) is 1. The van der Waals surface area contributed by atoms with E-state index in [-0.39, 0.29) is 11.8 Å². The first-order valence-electron chi connectivity index (χ1n) is 3.91. The van der Waals surface area contributed by atoms with Crippen LogP contribution < -0.4 is 4.72 Å². The first-order chi connectivity index (χ1) is 6.38. The summed E-state index contributed by atoms with van der Waals surface area (Å²) in [6.07, 6.45) is 3.55. The third-order valence-corrected chi connectivity index (χ3v) is 2.40. The number of carbonyl (C=O) groups excluding carboxylic acids is 1. The monoisotopic (exact) mass is 192 g/mol. The lowest BCUT2D eigenvalue weighted by molar-refractivity contribution is -0.119. The Morgan fingerprint density at radius 3 is 3.08 bits per heavy atom. The van der Waals surface area contributed by atoms with Crippen molar-refractivity contribution in [2.24, 2.45) is 0 Å². The number of pyridine rings is 1. The summed E-state index contributed by atoms with van der Waals surface area (Å²) in [5, 5.41) is 1.86. The van der Waals surface area contributed by atoms with Gasteiger partial charge in [-0.15, -0.1) is 0 Å². The molecule has 0 radical (unpaired) electrons. The smallest absolute Gasteiger partial charge is 0.243 e. The Bertz CT molecular complexity index is 337. The molecule has 0 bridgehead atoms. The Balaban J connectivity index is 2.30. The lowest BCUT2D eigenvalue weighted by Crippen LogP contribution is -2.25. The van der Waals surface area contributed by atoms with Crippen molar-refractivity contribution in [1.29, 1.82) is 0 Å². The van der Waals surface area contributed by atoms with Crippen molar-refractivity contribution in [3.05, 3.63) is 41.6 Å². The number of hydrogen-bond acceptors (Lipinski definition) is 3.